The maximum absolute atomic E-state index is 5.13. The SMILES string of the molecule is COCc1ccc(CNCc2cn(C)nc2-c2cccnc2)cc1. The van der Waals surface area contributed by atoms with Crippen molar-refractivity contribution in [2.45, 2.75) is 19.7 Å². The van der Waals surface area contributed by atoms with Crippen LogP contribution < -0.4 is 5.32 Å². The van der Waals surface area contributed by atoms with Crippen LogP contribution in [0.25, 0.3) is 11.3 Å². The van der Waals surface area contributed by atoms with E-state index in [1.165, 1.54) is 16.7 Å². The van der Waals surface area contributed by atoms with Crippen molar-refractivity contribution < 1.29 is 4.74 Å². The highest BCUT2D eigenvalue weighted by molar-refractivity contribution is 5.61. The van der Waals surface area contributed by atoms with E-state index in [1.807, 2.05) is 30.1 Å². The van der Waals surface area contributed by atoms with Gasteiger partial charge >= 0.3 is 0 Å². The molecule has 0 aliphatic heterocycles. The van der Waals surface area contributed by atoms with Crippen molar-refractivity contribution in [2.75, 3.05) is 7.11 Å². The summed E-state index contributed by atoms with van der Waals surface area (Å²) in [5, 5.41) is 8.05. The van der Waals surface area contributed by atoms with E-state index in [9.17, 15) is 0 Å². The minimum absolute atomic E-state index is 0.651. The number of hydrogen-bond acceptors (Lipinski definition) is 4. The molecule has 0 saturated carbocycles. The molecule has 0 aliphatic rings. The molecule has 1 N–H and O–H groups in total. The number of benzene rings is 1. The number of aromatic nitrogens is 3. The van der Waals surface area contributed by atoms with E-state index < -0.39 is 0 Å². The number of hydrogen-bond donors (Lipinski definition) is 1. The number of methoxy groups -OCH3 is 1. The molecule has 3 aromatic rings. The summed E-state index contributed by atoms with van der Waals surface area (Å²) in [5.74, 6) is 0. The van der Waals surface area contributed by atoms with Crippen LogP contribution in [0.1, 0.15) is 16.7 Å². The summed E-state index contributed by atoms with van der Waals surface area (Å²) in [6.45, 7) is 2.23. The van der Waals surface area contributed by atoms with E-state index in [2.05, 4.69) is 45.9 Å². The first kappa shape index (κ1) is 16.4. The summed E-state index contributed by atoms with van der Waals surface area (Å²) in [6.07, 6.45) is 5.68. The summed E-state index contributed by atoms with van der Waals surface area (Å²) in [5.41, 5.74) is 5.63. The van der Waals surface area contributed by atoms with Gasteiger partial charge in [-0.2, -0.15) is 5.10 Å². The van der Waals surface area contributed by atoms with Crippen LogP contribution in [-0.4, -0.2) is 21.9 Å². The second-order valence-corrected chi connectivity index (χ2v) is 5.77. The van der Waals surface area contributed by atoms with Gasteiger partial charge in [-0.25, -0.2) is 0 Å². The lowest BCUT2D eigenvalue weighted by Crippen LogP contribution is -2.13. The van der Waals surface area contributed by atoms with Gasteiger partial charge < -0.3 is 10.1 Å². The van der Waals surface area contributed by atoms with Gasteiger partial charge in [0.05, 0.1) is 12.3 Å². The van der Waals surface area contributed by atoms with Gasteiger partial charge in [-0.05, 0) is 23.3 Å². The number of nitrogens with zero attached hydrogens (tertiary/aromatic N) is 3. The Kier molecular flexibility index (Phi) is 5.36. The van der Waals surface area contributed by atoms with E-state index in [0.717, 1.165) is 24.3 Å². The molecule has 0 spiro atoms. The minimum atomic E-state index is 0.651. The Bertz CT molecular complexity index is 766. The molecular formula is C19H22N4O. The van der Waals surface area contributed by atoms with Crippen LogP contribution in [0.2, 0.25) is 0 Å². The Morgan fingerprint density at radius 2 is 1.88 bits per heavy atom. The molecule has 1 aromatic carbocycles. The fourth-order valence-electron chi connectivity index (χ4n) is 2.67. The normalized spacial score (nSPS) is 10.9. The largest absolute Gasteiger partial charge is 0.380 e. The molecule has 0 fully saturated rings. The second-order valence-electron chi connectivity index (χ2n) is 5.77. The Morgan fingerprint density at radius 3 is 2.58 bits per heavy atom. The second kappa shape index (κ2) is 7.86. The molecule has 5 nitrogen and oxygen atoms in total. The number of nitrogens with one attached hydrogen (secondary N) is 1. The summed E-state index contributed by atoms with van der Waals surface area (Å²) >= 11 is 0. The minimum Gasteiger partial charge on any atom is -0.380 e. The molecule has 0 atom stereocenters. The highest BCUT2D eigenvalue weighted by Gasteiger charge is 2.09. The lowest BCUT2D eigenvalue weighted by Gasteiger charge is -2.06. The fraction of sp³-hybridized carbons (Fsp3) is 0.263. The van der Waals surface area contributed by atoms with E-state index in [4.69, 9.17) is 4.74 Å². The summed E-state index contributed by atoms with van der Waals surface area (Å²) in [6, 6.07) is 12.4. The molecule has 0 bridgehead atoms. The molecule has 0 amide bonds. The molecule has 0 radical (unpaired) electrons. The first-order valence-electron chi connectivity index (χ1n) is 7.96. The molecule has 2 heterocycles. The third-order valence-corrected chi connectivity index (χ3v) is 3.82. The van der Waals surface area contributed by atoms with Gasteiger partial charge in [0.25, 0.3) is 0 Å². The van der Waals surface area contributed by atoms with Crippen molar-refractivity contribution >= 4 is 0 Å². The van der Waals surface area contributed by atoms with Crippen LogP contribution in [0.5, 0.6) is 0 Å². The number of rotatable bonds is 7. The van der Waals surface area contributed by atoms with E-state index in [-0.39, 0.29) is 0 Å². The van der Waals surface area contributed by atoms with Gasteiger partial charge in [-0.3, -0.25) is 9.67 Å². The third-order valence-electron chi connectivity index (χ3n) is 3.82. The topological polar surface area (TPSA) is 52.0 Å². The van der Waals surface area contributed by atoms with Crippen molar-refractivity contribution in [3.63, 3.8) is 0 Å². The van der Waals surface area contributed by atoms with Crippen LogP contribution in [0, 0.1) is 0 Å². The van der Waals surface area contributed by atoms with Crippen LogP contribution >= 0.6 is 0 Å². The Labute approximate surface area is 142 Å². The van der Waals surface area contributed by atoms with E-state index >= 15 is 0 Å². The van der Waals surface area contributed by atoms with Crippen LogP contribution in [0.3, 0.4) is 0 Å². The lowest BCUT2D eigenvalue weighted by molar-refractivity contribution is 0.185. The quantitative estimate of drug-likeness (QED) is 0.727. The first-order valence-corrected chi connectivity index (χ1v) is 7.96. The van der Waals surface area contributed by atoms with Crippen LogP contribution in [0.4, 0.5) is 0 Å². The molecular weight excluding hydrogens is 300 g/mol. The molecule has 124 valence electrons. The zero-order valence-corrected chi connectivity index (χ0v) is 14.1. The van der Waals surface area contributed by atoms with Gasteiger partial charge in [0, 0.05) is 57.0 Å². The van der Waals surface area contributed by atoms with Gasteiger partial charge in [-0.1, -0.05) is 24.3 Å². The van der Waals surface area contributed by atoms with Gasteiger partial charge in [0.15, 0.2) is 0 Å². The van der Waals surface area contributed by atoms with Crippen molar-refractivity contribution in [1.82, 2.24) is 20.1 Å². The highest BCUT2D eigenvalue weighted by atomic mass is 16.5. The smallest absolute Gasteiger partial charge is 0.0983 e. The molecule has 0 aliphatic carbocycles. The fourth-order valence-corrected chi connectivity index (χ4v) is 2.67. The number of pyridine rings is 1. The van der Waals surface area contributed by atoms with Crippen molar-refractivity contribution in [3.8, 4) is 11.3 Å². The molecule has 2 aromatic heterocycles. The Hall–Kier alpha value is -2.50. The molecule has 0 unspecified atom stereocenters. The molecule has 3 rings (SSSR count). The monoisotopic (exact) mass is 322 g/mol. The Balaban J connectivity index is 1.63. The van der Waals surface area contributed by atoms with E-state index in [1.54, 1.807) is 13.3 Å². The van der Waals surface area contributed by atoms with Crippen LogP contribution in [-0.2, 0) is 31.5 Å². The van der Waals surface area contributed by atoms with Crippen molar-refractivity contribution in [2.24, 2.45) is 7.05 Å². The molecule has 24 heavy (non-hydrogen) atoms. The lowest BCUT2D eigenvalue weighted by atomic mass is 10.1. The number of aryl methyl sites for hydroxylation is 1. The standard InChI is InChI=1S/C19H22N4O/c1-23-13-18(19(22-23)17-4-3-9-20-11-17)12-21-10-15-5-7-16(8-6-15)14-24-2/h3-9,11,13,21H,10,12,14H2,1-2H3. The Morgan fingerprint density at radius 1 is 1.08 bits per heavy atom. The van der Waals surface area contributed by atoms with Crippen molar-refractivity contribution in [3.05, 3.63) is 71.7 Å². The highest BCUT2D eigenvalue weighted by Crippen LogP contribution is 2.20. The van der Waals surface area contributed by atoms with E-state index in [0.29, 0.717) is 6.61 Å². The first-order chi connectivity index (χ1) is 11.8. The molecule has 5 heteroatoms. The van der Waals surface area contributed by atoms with Gasteiger partial charge in [0.1, 0.15) is 0 Å². The maximum atomic E-state index is 5.13. The predicted octanol–water partition coefficient (Wildman–Crippen LogP) is 2.92. The average molecular weight is 322 g/mol. The maximum Gasteiger partial charge on any atom is 0.0983 e. The number of ether oxygens (including phenoxy) is 1. The van der Waals surface area contributed by atoms with Gasteiger partial charge in [0.2, 0.25) is 0 Å². The van der Waals surface area contributed by atoms with Gasteiger partial charge in [-0.15, -0.1) is 0 Å². The summed E-state index contributed by atoms with van der Waals surface area (Å²) in [4.78, 5) is 4.18. The predicted molar refractivity (Wildman–Crippen MR) is 94.1 cm³/mol. The zero-order chi connectivity index (χ0) is 16.8. The van der Waals surface area contributed by atoms with Crippen LogP contribution in [0.15, 0.2) is 55.0 Å². The molecule has 0 saturated heterocycles. The zero-order valence-electron chi connectivity index (χ0n) is 14.1. The summed E-state index contributed by atoms with van der Waals surface area (Å²) in [7, 11) is 3.65. The van der Waals surface area contributed by atoms with Crippen molar-refractivity contribution in [1.29, 1.82) is 0 Å². The average Bonchev–Trinajstić information content (AvgIpc) is 2.98. The third kappa shape index (κ3) is 4.07. The summed E-state index contributed by atoms with van der Waals surface area (Å²) < 4.78 is 6.98.